The molecule has 0 saturated heterocycles. The summed E-state index contributed by atoms with van der Waals surface area (Å²) in [6, 6.07) is 14.3. The van der Waals surface area contributed by atoms with Crippen molar-refractivity contribution in [3.8, 4) is 6.07 Å². The fourth-order valence-electron chi connectivity index (χ4n) is 2.31. The van der Waals surface area contributed by atoms with Crippen LogP contribution in [0.15, 0.2) is 59.6 Å². The molecule has 114 valence electrons. The van der Waals surface area contributed by atoms with E-state index in [0.717, 1.165) is 3.97 Å². The fourth-order valence-corrected chi connectivity index (χ4v) is 3.81. The van der Waals surface area contributed by atoms with Gasteiger partial charge in [0, 0.05) is 11.6 Å². The van der Waals surface area contributed by atoms with E-state index in [4.69, 9.17) is 5.26 Å². The van der Waals surface area contributed by atoms with Crippen molar-refractivity contribution in [2.75, 3.05) is 0 Å². The first-order valence-corrected chi connectivity index (χ1v) is 8.17. The maximum atomic E-state index is 12.9. The summed E-state index contributed by atoms with van der Waals surface area (Å²) in [4.78, 5) is 16.3. The van der Waals surface area contributed by atoms with Crippen molar-refractivity contribution in [3.05, 3.63) is 60.4 Å². The molecule has 6 nitrogen and oxygen atoms in total. The van der Waals surface area contributed by atoms with E-state index in [1.54, 1.807) is 36.4 Å². The Balaban J connectivity index is 2.34. The van der Waals surface area contributed by atoms with Crippen LogP contribution < -0.4 is 0 Å². The van der Waals surface area contributed by atoms with Crippen molar-refractivity contribution in [2.24, 2.45) is 0 Å². The molecular formula is C16H11N3O3S. The molecule has 0 fully saturated rings. The van der Waals surface area contributed by atoms with E-state index >= 15 is 0 Å². The van der Waals surface area contributed by atoms with Gasteiger partial charge < -0.3 is 0 Å². The quantitative estimate of drug-likeness (QED) is 0.687. The number of rotatable bonds is 4. The number of nitriles is 1. The van der Waals surface area contributed by atoms with Gasteiger partial charge in [-0.15, -0.1) is 0 Å². The summed E-state index contributed by atoms with van der Waals surface area (Å²) in [5.41, 5.74) is 0.0988. The Morgan fingerprint density at radius 1 is 1.17 bits per heavy atom. The number of fused-ring (bicyclic) bond motifs is 1. The molecule has 0 atom stereocenters. The predicted molar refractivity (Wildman–Crippen MR) is 83.3 cm³/mol. The molecular weight excluding hydrogens is 314 g/mol. The Labute approximate surface area is 132 Å². The highest BCUT2D eigenvalue weighted by atomic mass is 32.2. The van der Waals surface area contributed by atoms with Crippen molar-refractivity contribution in [1.29, 1.82) is 5.26 Å². The number of carbonyl (C=O) groups is 1. The van der Waals surface area contributed by atoms with Gasteiger partial charge in [0.1, 0.15) is 12.1 Å². The minimum absolute atomic E-state index is 0.0501. The van der Waals surface area contributed by atoms with Crippen molar-refractivity contribution in [1.82, 2.24) is 8.96 Å². The third-order valence-corrected chi connectivity index (χ3v) is 5.05. The second kappa shape index (κ2) is 5.66. The molecule has 0 aliphatic carbocycles. The molecule has 0 radical (unpaired) electrons. The number of carbonyl (C=O) groups excluding carboxylic acids is 1. The minimum atomic E-state index is -3.99. The maximum absolute atomic E-state index is 12.9. The average molecular weight is 325 g/mol. The summed E-state index contributed by atoms with van der Waals surface area (Å²) >= 11 is 0. The van der Waals surface area contributed by atoms with Crippen LogP contribution in [-0.2, 0) is 10.0 Å². The van der Waals surface area contributed by atoms with Crippen LogP contribution in [0, 0.1) is 11.3 Å². The molecule has 0 aliphatic rings. The monoisotopic (exact) mass is 325 g/mol. The molecule has 0 spiro atoms. The summed E-state index contributed by atoms with van der Waals surface area (Å²) in [5.74, 6) is -0.565. The molecule has 0 amide bonds. The van der Waals surface area contributed by atoms with Crippen LogP contribution >= 0.6 is 0 Å². The minimum Gasteiger partial charge on any atom is -0.291 e. The van der Waals surface area contributed by atoms with Gasteiger partial charge in [-0.1, -0.05) is 18.2 Å². The van der Waals surface area contributed by atoms with Gasteiger partial charge in [0.05, 0.1) is 11.0 Å². The van der Waals surface area contributed by atoms with E-state index < -0.39 is 22.2 Å². The predicted octanol–water partition coefficient (Wildman–Crippen LogP) is 2.37. The van der Waals surface area contributed by atoms with Crippen LogP contribution in [0.2, 0.25) is 0 Å². The van der Waals surface area contributed by atoms with Gasteiger partial charge in [-0.05, 0) is 30.3 Å². The zero-order valence-electron chi connectivity index (χ0n) is 11.9. The molecule has 7 heteroatoms. The molecule has 0 bridgehead atoms. The smallest absolute Gasteiger partial charge is 0.270 e. The standard InChI is InChI=1S/C16H11N3O3S/c17-9-8-15(20)14-11-12-5-4-10-18-16(12)19(14)23(21,22)13-6-2-1-3-7-13/h1-7,10-11H,8H2. The number of nitrogens with zero attached hydrogens (tertiary/aromatic N) is 3. The molecule has 3 rings (SSSR count). The highest BCUT2D eigenvalue weighted by molar-refractivity contribution is 7.90. The average Bonchev–Trinajstić information content (AvgIpc) is 2.96. The first-order chi connectivity index (χ1) is 11.1. The topological polar surface area (TPSA) is 92.8 Å². The lowest BCUT2D eigenvalue weighted by Gasteiger charge is -2.10. The largest absolute Gasteiger partial charge is 0.291 e. The third-order valence-electron chi connectivity index (χ3n) is 3.33. The van der Waals surface area contributed by atoms with Crippen molar-refractivity contribution < 1.29 is 13.2 Å². The molecule has 3 aromatic rings. The third kappa shape index (κ3) is 2.49. The van der Waals surface area contributed by atoms with Crippen molar-refractivity contribution >= 4 is 26.8 Å². The van der Waals surface area contributed by atoms with Crippen molar-refractivity contribution in [3.63, 3.8) is 0 Å². The van der Waals surface area contributed by atoms with E-state index in [2.05, 4.69) is 4.98 Å². The molecule has 0 N–H and O–H groups in total. The summed E-state index contributed by atoms with van der Waals surface area (Å²) in [7, 11) is -3.99. The first-order valence-electron chi connectivity index (χ1n) is 6.73. The van der Waals surface area contributed by atoms with E-state index in [1.807, 2.05) is 0 Å². The zero-order chi connectivity index (χ0) is 16.4. The number of ketones is 1. The Morgan fingerprint density at radius 3 is 2.61 bits per heavy atom. The molecule has 0 aliphatic heterocycles. The normalized spacial score (nSPS) is 11.3. The Bertz CT molecular complexity index is 1030. The van der Waals surface area contributed by atoms with Crippen LogP contribution in [0.1, 0.15) is 16.9 Å². The van der Waals surface area contributed by atoms with Gasteiger partial charge in [-0.25, -0.2) is 17.4 Å². The van der Waals surface area contributed by atoms with Gasteiger partial charge in [0.25, 0.3) is 10.0 Å². The molecule has 1 aromatic carbocycles. The van der Waals surface area contributed by atoms with E-state index in [-0.39, 0.29) is 16.2 Å². The molecule has 0 unspecified atom stereocenters. The second-order valence-electron chi connectivity index (χ2n) is 4.79. The van der Waals surface area contributed by atoms with Crippen LogP contribution in [0.25, 0.3) is 11.0 Å². The number of benzene rings is 1. The lowest BCUT2D eigenvalue weighted by Crippen LogP contribution is -2.18. The lowest BCUT2D eigenvalue weighted by atomic mass is 10.2. The second-order valence-corrected chi connectivity index (χ2v) is 6.57. The maximum Gasteiger partial charge on any atom is 0.270 e. The highest BCUT2D eigenvalue weighted by Crippen LogP contribution is 2.25. The van der Waals surface area contributed by atoms with Gasteiger partial charge >= 0.3 is 0 Å². The van der Waals surface area contributed by atoms with Crippen LogP contribution in [-0.4, -0.2) is 23.2 Å². The number of aromatic nitrogens is 2. The Kier molecular flexibility index (Phi) is 3.68. The zero-order valence-corrected chi connectivity index (χ0v) is 12.7. The summed E-state index contributed by atoms with van der Waals surface area (Å²) < 4.78 is 26.8. The fraction of sp³-hybridized carbons (Fsp3) is 0.0625. The Morgan fingerprint density at radius 2 is 1.91 bits per heavy atom. The summed E-state index contributed by atoms with van der Waals surface area (Å²) in [5, 5.41) is 9.26. The molecule has 2 heterocycles. The van der Waals surface area contributed by atoms with Crippen LogP contribution in [0.5, 0.6) is 0 Å². The van der Waals surface area contributed by atoms with Gasteiger partial charge in [-0.3, -0.25) is 4.79 Å². The van der Waals surface area contributed by atoms with E-state index in [0.29, 0.717) is 5.39 Å². The molecule has 0 saturated carbocycles. The van der Waals surface area contributed by atoms with Crippen LogP contribution in [0.3, 0.4) is 0 Å². The van der Waals surface area contributed by atoms with Gasteiger partial charge in [0.15, 0.2) is 11.4 Å². The lowest BCUT2D eigenvalue weighted by molar-refractivity contribution is 0.0992. The number of pyridine rings is 1. The Hall–Kier alpha value is -2.98. The summed E-state index contributed by atoms with van der Waals surface area (Å²) in [6.07, 6.45) is 1.05. The van der Waals surface area contributed by atoms with E-state index in [9.17, 15) is 13.2 Å². The number of hydrogen-bond donors (Lipinski definition) is 0. The number of hydrogen-bond acceptors (Lipinski definition) is 5. The molecule has 23 heavy (non-hydrogen) atoms. The highest BCUT2D eigenvalue weighted by Gasteiger charge is 2.26. The van der Waals surface area contributed by atoms with Crippen LogP contribution in [0.4, 0.5) is 0 Å². The van der Waals surface area contributed by atoms with E-state index in [1.165, 1.54) is 24.4 Å². The summed E-state index contributed by atoms with van der Waals surface area (Å²) in [6.45, 7) is 0. The SMILES string of the molecule is N#CCC(=O)c1cc2cccnc2n1S(=O)(=O)c1ccccc1. The molecule has 2 aromatic heterocycles. The van der Waals surface area contributed by atoms with Gasteiger partial charge in [0.2, 0.25) is 0 Å². The number of Topliss-reactive ketones (excluding diaryl/α,β-unsaturated/α-hetero) is 1. The van der Waals surface area contributed by atoms with Gasteiger partial charge in [-0.2, -0.15) is 5.26 Å². The van der Waals surface area contributed by atoms with Crippen molar-refractivity contribution in [2.45, 2.75) is 11.3 Å². The first kappa shape index (κ1) is 14.9.